The molecule has 0 N–H and O–H groups in total. The van der Waals surface area contributed by atoms with E-state index < -0.39 is 9.84 Å². The van der Waals surface area contributed by atoms with Gasteiger partial charge in [0, 0.05) is 32.1 Å². The second kappa shape index (κ2) is 8.19. The number of ether oxygens (including phenoxy) is 1. The Balaban J connectivity index is 2.16. The summed E-state index contributed by atoms with van der Waals surface area (Å²) in [6.45, 7) is 3.97. The number of benzene rings is 2. The minimum Gasteiger partial charge on any atom is -0.465 e. The van der Waals surface area contributed by atoms with Crippen LogP contribution in [0.15, 0.2) is 57.2 Å². The van der Waals surface area contributed by atoms with Crippen molar-refractivity contribution in [1.29, 1.82) is 0 Å². The number of nitrogens with zero attached hydrogens (tertiary/aromatic N) is 1. The van der Waals surface area contributed by atoms with Crippen molar-refractivity contribution >= 4 is 50.1 Å². The van der Waals surface area contributed by atoms with Gasteiger partial charge < -0.3 is 9.30 Å². The Bertz CT molecular complexity index is 1140. The molecule has 0 saturated carbocycles. The monoisotopic (exact) mass is 437 g/mol. The molecule has 0 radical (unpaired) electrons. The van der Waals surface area contributed by atoms with Crippen LogP contribution in [0.3, 0.4) is 0 Å². The third-order valence-corrected chi connectivity index (χ3v) is 6.88. The molecule has 0 amide bonds. The highest BCUT2D eigenvalue weighted by Crippen LogP contribution is 2.39. The number of esters is 1. The summed E-state index contributed by atoms with van der Waals surface area (Å²) in [5.74, 6) is -0.365. The van der Waals surface area contributed by atoms with Crippen LogP contribution in [0.25, 0.3) is 10.9 Å². The van der Waals surface area contributed by atoms with Crippen LogP contribution in [-0.4, -0.2) is 31.8 Å². The molecule has 0 unspecified atom stereocenters. The van der Waals surface area contributed by atoms with Crippen LogP contribution in [0.4, 0.5) is 0 Å². The van der Waals surface area contributed by atoms with E-state index in [4.69, 9.17) is 16.3 Å². The summed E-state index contributed by atoms with van der Waals surface area (Å²) in [7, 11) is -3.37. The van der Waals surface area contributed by atoms with Crippen LogP contribution in [-0.2, 0) is 25.9 Å². The molecular formula is C20H20ClNO4S2. The van der Waals surface area contributed by atoms with Gasteiger partial charge in [-0.3, -0.25) is 4.79 Å². The fraction of sp³-hybridized carbons (Fsp3) is 0.250. The van der Waals surface area contributed by atoms with E-state index in [1.165, 1.54) is 6.26 Å². The first-order valence-corrected chi connectivity index (χ1v) is 11.7. The standard InChI is InChI=1S/C20H20ClNO4S2/c1-4-26-19(23)12-22-13(2)20(27-15-7-5-14(21)6-8-15)17-10-9-16(11-18(17)22)28(3,24)25/h5-11H,4,12H2,1-3H3. The van der Waals surface area contributed by atoms with E-state index >= 15 is 0 Å². The van der Waals surface area contributed by atoms with Crippen molar-refractivity contribution in [2.45, 2.75) is 35.1 Å². The Hall–Kier alpha value is -1.96. The molecule has 0 spiro atoms. The van der Waals surface area contributed by atoms with Crippen molar-refractivity contribution in [2.24, 2.45) is 0 Å². The second-order valence-electron chi connectivity index (χ2n) is 6.31. The van der Waals surface area contributed by atoms with Crippen LogP contribution in [0.5, 0.6) is 0 Å². The molecule has 3 rings (SSSR count). The maximum absolute atomic E-state index is 12.1. The number of halogens is 1. The normalized spacial score (nSPS) is 11.7. The van der Waals surface area contributed by atoms with Gasteiger partial charge in [0.25, 0.3) is 0 Å². The molecule has 0 saturated heterocycles. The van der Waals surface area contributed by atoms with Gasteiger partial charge in [-0.25, -0.2) is 8.42 Å². The lowest BCUT2D eigenvalue weighted by atomic mass is 10.2. The highest BCUT2D eigenvalue weighted by atomic mass is 35.5. The van der Waals surface area contributed by atoms with Gasteiger partial charge in [0.15, 0.2) is 9.84 Å². The summed E-state index contributed by atoms with van der Waals surface area (Å²) in [5, 5.41) is 1.54. The molecular weight excluding hydrogens is 418 g/mol. The Labute approximate surface area is 173 Å². The summed E-state index contributed by atoms with van der Waals surface area (Å²) in [4.78, 5) is 14.3. The minimum absolute atomic E-state index is 0.0184. The van der Waals surface area contributed by atoms with E-state index in [0.717, 1.165) is 20.9 Å². The van der Waals surface area contributed by atoms with E-state index in [-0.39, 0.29) is 24.0 Å². The largest absolute Gasteiger partial charge is 0.465 e. The molecule has 0 fully saturated rings. The Kier molecular flexibility index (Phi) is 6.07. The summed E-state index contributed by atoms with van der Waals surface area (Å²) in [6.07, 6.45) is 1.17. The van der Waals surface area contributed by atoms with E-state index in [1.54, 1.807) is 41.5 Å². The van der Waals surface area contributed by atoms with Gasteiger partial charge in [-0.05, 0) is 50.2 Å². The van der Waals surface area contributed by atoms with Crippen LogP contribution in [0.1, 0.15) is 12.6 Å². The topological polar surface area (TPSA) is 65.4 Å². The summed E-state index contributed by atoms with van der Waals surface area (Å²) < 4.78 is 30.9. The van der Waals surface area contributed by atoms with Gasteiger partial charge in [-0.1, -0.05) is 29.4 Å². The van der Waals surface area contributed by atoms with Crippen molar-refractivity contribution < 1.29 is 17.9 Å². The highest BCUT2D eigenvalue weighted by Gasteiger charge is 2.20. The molecule has 3 aromatic rings. The predicted molar refractivity (Wildman–Crippen MR) is 112 cm³/mol. The summed E-state index contributed by atoms with van der Waals surface area (Å²) in [5.41, 5.74) is 1.55. The number of aromatic nitrogens is 1. The molecule has 0 atom stereocenters. The average molecular weight is 438 g/mol. The molecule has 1 aromatic heterocycles. The van der Waals surface area contributed by atoms with Gasteiger partial charge in [-0.2, -0.15) is 0 Å². The average Bonchev–Trinajstić information content (AvgIpc) is 2.88. The fourth-order valence-corrected chi connectivity index (χ4v) is 4.76. The van der Waals surface area contributed by atoms with Crippen LogP contribution < -0.4 is 0 Å². The molecule has 148 valence electrons. The van der Waals surface area contributed by atoms with Crippen molar-refractivity contribution in [3.63, 3.8) is 0 Å². The van der Waals surface area contributed by atoms with Gasteiger partial charge >= 0.3 is 5.97 Å². The lowest BCUT2D eigenvalue weighted by molar-refractivity contribution is -0.143. The van der Waals surface area contributed by atoms with E-state index in [1.807, 2.05) is 31.2 Å². The van der Waals surface area contributed by atoms with Crippen LogP contribution in [0, 0.1) is 6.92 Å². The summed E-state index contributed by atoms with van der Waals surface area (Å²) >= 11 is 7.52. The van der Waals surface area contributed by atoms with Crippen LogP contribution in [0.2, 0.25) is 5.02 Å². The van der Waals surface area contributed by atoms with Crippen molar-refractivity contribution in [2.75, 3.05) is 12.9 Å². The quantitative estimate of drug-likeness (QED) is 0.522. The first-order chi connectivity index (χ1) is 13.2. The molecule has 1 heterocycles. The number of hydrogen-bond donors (Lipinski definition) is 0. The first-order valence-electron chi connectivity index (χ1n) is 8.62. The number of sulfone groups is 1. The number of rotatable bonds is 6. The van der Waals surface area contributed by atoms with Gasteiger partial charge in [-0.15, -0.1) is 0 Å². The number of carbonyl (C=O) groups is 1. The lowest BCUT2D eigenvalue weighted by Gasteiger charge is -2.08. The van der Waals surface area contributed by atoms with Gasteiger partial charge in [0.05, 0.1) is 17.0 Å². The predicted octanol–water partition coefficient (Wildman–Crippen LogP) is 4.72. The van der Waals surface area contributed by atoms with Crippen molar-refractivity contribution in [3.05, 3.63) is 53.2 Å². The fourth-order valence-electron chi connectivity index (χ4n) is 2.94. The third-order valence-electron chi connectivity index (χ3n) is 4.29. The number of fused-ring (bicyclic) bond motifs is 1. The number of carbonyl (C=O) groups excluding carboxylic acids is 1. The SMILES string of the molecule is CCOC(=O)Cn1c(C)c(Sc2ccc(Cl)cc2)c2ccc(S(C)(=O)=O)cc21. The highest BCUT2D eigenvalue weighted by molar-refractivity contribution is 7.99. The van der Waals surface area contributed by atoms with E-state index in [0.29, 0.717) is 10.5 Å². The molecule has 0 aliphatic carbocycles. The molecule has 0 aliphatic heterocycles. The van der Waals surface area contributed by atoms with Gasteiger partial charge in [0.1, 0.15) is 6.54 Å². The third kappa shape index (κ3) is 4.37. The zero-order valence-electron chi connectivity index (χ0n) is 15.7. The van der Waals surface area contributed by atoms with Crippen molar-refractivity contribution in [1.82, 2.24) is 4.57 Å². The Morgan fingerprint density at radius 2 is 1.86 bits per heavy atom. The molecule has 28 heavy (non-hydrogen) atoms. The van der Waals surface area contributed by atoms with Crippen molar-refractivity contribution in [3.8, 4) is 0 Å². The first kappa shape index (κ1) is 20.8. The zero-order chi connectivity index (χ0) is 20.5. The Morgan fingerprint density at radius 3 is 2.46 bits per heavy atom. The maximum atomic E-state index is 12.1. The summed E-state index contributed by atoms with van der Waals surface area (Å²) in [6, 6.07) is 12.5. The molecule has 2 aromatic carbocycles. The minimum atomic E-state index is -3.37. The molecule has 0 bridgehead atoms. The number of hydrogen-bond acceptors (Lipinski definition) is 5. The lowest BCUT2D eigenvalue weighted by Crippen LogP contribution is -2.14. The maximum Gasteiger partial charge on any atom is 0.325 e. The molecule has 5 nitrogen and oxygen atoms in total. The van der Waals surface area contributed by atoms with E-state index in [9.17, 15) is 13.2 Å². The molecule has 0 aliphatic rings. The van der Waals surface area contributed by atoms with Crippen LogP contribution >= 0.6 is 23.4 Å². The second-order valence-corrected chi connectivity index (χ2v) is 9.85. The van der Waals surface area contributed by atoms with E-state index in [2.05, 4.69) is 0 Å². The zero-order valence-corrected chi connectivity index (χ0v) is 18.1. The molecule has 8 heteroatoms. The van der Waals surface area contributed by atoms with Gasteiger partial charge in [0.2, 0.25) is 0 Å². The smallest absolute Gasteiger partial charge is 0.325 e. The Morgan fingerprint density at radius 1 is 1.18 bits per heavy atom.